The molecule has 0 saturated carbocycles. The summed E-state index contributed by atoms with van der Waals surface area (Å²) in [6.45, 7) is 0.987. The zero-order chi connectivity index (χ0) is 13.1. The van der Waals surface area contributed by atoms with Crippen LogP contribution in [-0.2, 0) is 10.5 Å². The van der Waals surface area contributed by atoms with Gasteiger partial charge in [0.2, 0.25) is 5.79 Å². The second kappa shape index (κ2) is 4.96. The molecule has 3 rings (SSSR count). The fraction of sp³-hybridized carbons (Fsp3) is 0.188. The molecule has 1 atom stereocenters. The number of ether oxygens (including phenoxy) is 1. The Balaban J connectivity index is 2.09. The van der Waals surface area contributed by atoms with E-state index in [0.717, 1.165) is 5.56 Å². The SMILES string of the molecule is OC1(c2ccccc2)OCCN=C1c1ccccc1. The first kappa shape index (κ1) is 12.1. The van der Waals surface area contributed by atoms with Crippen LogP contribution in [0.2, 0.25) is 0 Å². The maximum absolute atomic E-state index is 10.9. The molecule has 1 heterocycles. The van der Waals surface area contributed by atoms with Crippen LogP contribution in [0.3, 0.4) is 0 Å². The van der Waals surface area contributed by atoms with Crippen molar-refractivity contribution in [1.29, 1.82) is 0 Å². The second-order valence-corrected chi connectivity index (χ2v) is 4.45. The van der Waals surface area contributed by atoms with Crippen LogP contribution in [0.15, 0.2) is 65.7 Å². The third kappa shape index (κ3) is 2.18. The van der Waals surface area contributed by atoms with Crippen LogP contribution >= 0.6 is 0 Å². The summed E-state index contributed by atoms with van der Waals surface area (Å²) in [5.74, 6) is -1.46. The number of benzene rings is 2. The van der Waals surface area contributed by atoms with E-state index in [4.69, 9.17) is 4.74 Å². The third-order valence-electron chi connectivity index (χ3n) is 3.21. The largest absolute Gasteiger partial charge is 0.357 e. The molecule has 19 heavy (non-hydrogen) atoms. The van der Waals surface area contributed by atoms with Gasteiger partial charge in [0.05, 0.1) is 13.2 Å². The molecule has 2 aromatic carbocycles. The van der Waals surface area contributed by atoms with E-state index in [1.807, 2.05) is 60.7 Å². The van der Waals surface area contributed by atoms with E-state index in [2.05, 4.69) is 4.99 Å². The molecule has 1 aliphatic rings. The van der Waals surface area contributed by atoms with E-state index in [9.17, 15) is 5.11 Å². The monoisotopic (exact) mass is 253 g/mol. The van der Waals surface area contributed by atoms with Crippen molar-refractivity contribution in [3.63, 3.8) is 0 Å². The molecule has 0 bridgehead atoms. The highest BCUT2D eigenvalue weighted by Gasteiger charge is 2.39. The molecule has 0 saturated heterocycles. The predicted molar refractivity (Wildman–Crippen MR) is 74.1 cm³/mol. The lowest BCUT2D eigenvalue weighted by Crippen LogP contribution is -2.43. The van der Waals surface area contributed by atoms with Crippen molar-refractivity contribution >= 4 is 5.71 Å². The van der Waals surface area contributed by atoms with Gasteiger partial charge < -0.3 is 9.84 Å². The summed E-state index contributed by atoms with van der Waals surface area (Å²) in [4.78, 5) is 4.47. The molecule has 0 amide bonds. The van der Waals surface area contributed by atoms with E-state index >= 15 is 0 Å². The van der Waals surface area contributed by atoms with E-state index in [1.54, 1.807) is 0 Å². The van der Waals surface area contributed by atoms with Crippen molar-refractivity contribution in [3.8, 4) is 0 Å². The van der Waals surface area contributed by atoms with Crippen LogP contribution in [0.25, 0.3) is 0 Å². The molecule has 3 heteroatoms. The fourth-order valence-corrected chi connectivity index (χ4v) is 2.29. The summed E-state index contributed by atoms with van der Waals surface area (Å²) < 4.78 is 5.64. The second-order valence-electron chi connectivity index (χ2n) is 4.45. The highest BCUT2D eigenvalue weighted by molar-refractivity contribution is 6.06. The highest BCUT2D eigenvalue weighted by Crippen LogP contribution is 2.30. The average Bonchev–Trinajstić information content (AvgIpc) is 2.49. The van der Waals surface area contributed by atoms with Crippen LogP contribution in [0, 0.1) is 0 Å². The molecule has 0 fully saturated rings. The average molecular weight is 253 g/mol. The number of nitrogens with zero attached hydrogens (tertiary/aromatic N) is 1. The standard InChI is InChI=1S/C16H15NO2/c18-16(14-9-5-2-6-10-14)15(17-11-12-19-16)13-7-3-1-4-8-13/h1-10,18H,11-12H2. The molecule has 0 radical (unpaired) electrons. The Morgan fingerprint density at radius 3 is 2.26 bits per heavy atom. The van der Waals surface area contributed by atoms with Gasteiger partial charge in [-0.2, -0.15) is 0 Å². The molecule has 0 spiro atoms. The summed E-state index contributed by atoms with van der Waals surface area (Å²) in [6, 6.07) is 19.0. The van der Waals surface area contributed by atoms with E-state index in [-0.39, 0.29) is 0 Å². The summed E-state index contributed by atoms with van der Waals surface area (Å²) >= 11 is 0. The quantitative estimate of drug-likeness (QED) is 0.892. The van der Waals surface area contributed by atoms with Gasteiger partial charge in [-0.25, -0.2) is 0 Å². The van der Waals surface area contributed by atoms with Gasteiger partial charge in [0.25, 0.3) is 0 Å². The Kier molecular flexibility index (Phi) is 3.15. The van der Waals surface area contributed by atoms with Gasteiger partial charge >= 0.3 is 0 Å². The van der Waals surface area contributed by atoms with Crippen LogP contribution in [0.4, 0.5) is 0 Å². The predicted octanol–water partition coefficient (Wildman–Crippen LogP) is 2.35. The molecule has 0 aromatic heterocycles. The Labute approximate surface area is 112 Å². The molecule has 1 aliphatic heterocycles. The minimum Gasteiger partial charge on any atom is -0.357 e. The summed E-state index contributed by atoms with van der Waals surface area (Å²) in [5, 5.41) is 10.9. The molecular formula is C16H15NO2. The number of aliphatic hydroxyl groups is 1. The van der Waals surface area contributed by atoms with Crippen molar-refractivity contribution in [2.75, 3.05) is 13.2 Å². The molecular weight excluding hydrogens is 238 g/mol. The molecule has 1 unspecified atom stereocenters. The van der Waals surface area contributed by atoms with Crippen molar-refractivity contribution in [3.05, 3.63) is 71.8 Å². The van der Waals surface area contributed by atoms with Gasteiger partial charge in [0.15, 0.2) is 0 Å². The van der Waals surface area contributed by atoms with E-state index in [1.165, 1.54) is 0 Å². The van der Waals surface area contributed by atoms with Crippen LogP contribution in [0.5, 0.6) is 0 Å². The van der Waals surface area contributed by atoms with E-state index < -0.39 is 5.79 Å². The van der Waals surface area contributed by atoms with Gasteiger partial charge in [-0.1, -0.05) is 60.7 Å². The van der Waals surface area contributed by atoms with Gasteiger partial charge in [-0.05, 0) is 0 Å². The summed E-state index contributed by atoms with van der Waals surface area (Å²) in [5.41, 5.74) is 2.16. The maximum atomic E-state index is 10.9. The Morgan fingerprint density at radius 1 is 0.947 bits per heavy atom. The van der Waals surface area contributed by atoms with Crippen molar-refractivity contribution in [2.24, 2.45) is 4.99 Å². The first-order chi connectivity index (χ1) is 9.31. The minimum atomic E-state index is -1.46. The number of hydrogen-bond acceptors (Lipinski definition) is 3. The number of aliphatic imine (C=N–C) groups is 1. The Hall–Kier alpha value is -1.97. The minimum absolute atomic E-state index is 0.418. The zero-order valence-electron chi connectivity index (χ0n) is 10.5. The highest BCUT2D eigenvalue weighted by atomic mass is 16.6. The lowest BCUT2D eigenvalue weighted by atomic mass is 9.94. The normalized spacial score (nSPS) is 22.9. The smallest absolute Gasteiger partial charge is 0.237 e. The fourth-order valence-electron chi connectivity index (χ4n) is 2.29. The van der Waals surface area contributed by atoms with Gasteiger partial charge in [0, 0.05) is 11.1 Å². The van der Waals surface area contributed by atoms with Gasteiger partial charge in [-0.3, -0.25) is 4.99 Å². The topological polar surface area (TPSA) is 41.8 Å². The van der Waals surface area contributed by atoms with E-state index in [0.29, 0.717) is 24.4 Å². The Bertz CT molecular complexity index is 580. The first-order valence-electron chi connectivity index (χ1n) is 6.33. The van der Waals surface area contributed by atoms with Crippen LogP contribution in [0.1, 0.15) is 11.1 Å². The first-order valence-corrected chi connectivity index (χ1v) is 6.33. The summed E-state index contributed by atoms with van der Waals surface area (Å²) in [7, 11) is 0. The number of rotatable bonds is 2. The molecule has 96 valence electrons. The molecule has 1 N–H and O–H groups in total. The Morgan fingerprint density at radius 2 is 1.58 bits per heavy atom. The van der Waals surface area contributed by atoms with Crippen LogP contribution < -0.4 is 0 Å². The van der Waals surface area contributed by atoms with Crippen molar-refractivity contribution < 1.29 is 9.84 Å². The van der Waals surface area contributed by atoms with Gasteiger partial charge in [-0.15, -0.1) is 0 Å². The van der Waals surface area contributed by atoms with Crippen molar-refractivity contribution in [2.45, 2.75) is 5.79 Å². The van der Waals surface area contributed by atoms with Crippen molar-refractivity contribution in [1.82, 2.24) is 0 Å². The number of hydrogen-bond donors (Lipinski definition) is 1. The van der Waals surface area contributed by atoms with Gasteiger partial charge in [0.1, 0.15) is 5.71 Å². The molecule has 0 aliphatic carbocycles. The third-order valence-corrected chi connectivity index (χ3v) is 3.21. The van der Waals surface area contributed by atoms with Crippen LogP contribution in [-0.4, -0.2) is 24.0 Å². The lowest BCUT2D eigenvalue weighted by Gasteiger charge is -2.33. The maximum Gasteiger partial charge on any atom is 0.237 e. The summed E-state index contributed by atoms with van der Waals surface area (Å²) in [6.07, 6.45) is 0. The molecule has 2 aromatic rings. The lowest BCUT2D eigenvalue weighted by molar-refractivity contribution is -0.160. The molecule has 3 nitrogen and oxygen atoms in total. The zero-order valence-corrected chi connectivity index (χ0v) is 10.5.